The van der Waals surface area contributed by atoms with Crippen LogP contribution in [-0.4, -0.2) is 45.4 Å². The zero-order chi connectivity index (χ0) is 24.0. The number of rotatable bonds is 8. The van der Waals surface area contributed by atoms with Gasteiger partial charge in [0, 0.05) is 17.8 Å². The second-order valence-corrected chi connectivity index (χ2v) is 8.46. The van der Waals surface area contributed by atoms with Crippen molar-refractivity contribution in [2.24, 2.45) is 7.05 Å². The molecule has 12 heteroatoms. The highest BCUT2D eigenvalue weighted by Gasteiger charge is 2.15. The van der Waals surface area contributed by atoms with Gasteiger partial charge in [-0.3, -0.25) is 9.59 Å². The zero-order valence-electron chi connectivity index (χ0n) is 17.6. The third kappa shape index (κ3) is 6.47. The number of halogens is 2. The van der Waals surface area contributed by atoms with Gasteiger partial charge in [0.25, 0.3) is 5.91 Å². The number of nitrogens with one attached hydrogen (secondary N) is 2. The molecule has 33 heavy (non-hydrogen) atoms. The van der Waals surface area contributed by atoms with E-state index < -0.39 is 5.97 Å². The molecule has 0 saturated heterocycles. The Labute approximate surface area is 203 Å². The van der Waals surface area contributed by atoms with Gasteiger partial charge in [-0.25, -0.2) is 4.79 Å². The lowest BCUT2D eigenvalue weighted by Crippen LogP contribution is -2.24. The van der Waals surface area contributed by atoms with Crippen molar-refractivity contribution in [3.8, 4) is 0 Å². The first-order valence-electron chi connectivity index (χ1n) is 9.51. The maximum Gasteiger partial charge on any atom is 0.337 e. The summed E-state index contributed by atoms with van der Waals surface area (Å²) in [5.41, 5.74) is 1.24. The molecule has 3 aromatic rings. The van der Waals surface area contributed by atoms with E-state index in [0.29, 0.717) is 32.8 Å². The highest BCUT2D eigenvalue weighted by atomic mass is 35.5. The van der Waals surface area contributed by atoms with E-state index in [1.54, 1.807) is 48.0 Å². The quantitative estimate of drug-likeness (QED) is 0.353. The van der Waals surface area contributed by atoms with Crippen LogP contribution in [0.2, 0.25) is 10.0 Å². The number of methoxy groups -OCH3 is 1. The lowest BCUT2D eigenvalue weighted by molar-refractivity contribution is -0.113. The van der Waals surface area contributed by atoms with Gasteiger partial charge in [0.05, 0.1) is 35.6 Å². The average molecular weight is 508 g/mol. The van der Waals surface area contributed by atoms with Gasteiger partial charge < -0.3 is 19.9 Å². The molecular weight excluding hydrogens is 489 g/mol. The number of ether oxygens (including phenoxy) is 1. The van der Waals surface area contributed by atoms with Crippen LogP contribution in [0.15, 0.2) is 47.6 Å². The minimum atomic E-state index is -0.450. The fraction of sp³-hybridized carbons (Fsp3) is 0.190. The molecule has 0 saturated carbocycles. The molecule has 0 fully saturated rings. The van der Waals surface area contributed by atoms with Crippen molar-refractivity contribution < 1.29 is 19.1 Å². The minimum absolute atomic E-state index is 0.0947. The summed E-state index contributed by atoms with van der Waals surface area (Å²) in [4.78, 5) is 36.1. The van der Waals surface area contributed by atoms with Crippen molar-refractivity contribution in [2.75, 3.05) is 18.2 Å². The van der Waals surface area contributed by atoms with Crippen molar-refractivity contribution in [1.29, 1.82) is 0 Å². The number of hydrogen-bond donors (Lipinski definition) is 2. The molecule has 1 aromatic heterocycles. The highest BCUT2D eigenvalue weighted by Crippen LogP contribution is 2.21. The monoisotopic (exact) mass is 507 g/mol. The lowest BCUT2D eigenvalue weighted by atomic mass is 10.2. The highest BCUT2D eigenvalue weighted by molar-refractivity contribution is 7.99. The van der Waals surface area contributed by atoms with E-state index >= 15 is 0 Å². The maximum absolute atomic E-state index is 12.4. The molecule has 0 spiro atoms. The smallest absolute Gasteiger partial charge is 0.337 e. The van der Waals surface area contributed by atoms with E-state index in [-0.39, 0.29) is 29.1 Å². The third-order valence-corrected chi connectivity index (χ3v) is 6.00. The SMILES string of the molecule is COC(=O)c1ccc(NC(=O)CSc2nnc(CNC(=O)c3ccc(Cl)cc3Cl)n2C)cc1. The lowest BCUT2D eigenvalue weighted by Gasteiger charge is -2.08. The molecular formula is C21H19Cl2N5O4S. The Hall–Kier alpha value is -3.08. The Morgan fingerprint density at radius 2 is 1.82 bits per heavy atom. The molecule has 1 heterocycles. The van der Waals surface area contributed by atoms with Crippen LogP contribution >= 0.6 is 35.0 Å². The van der Waals surface area contributed by atoms with E-state index in [1.165, 1.54) is 24.9 Å². The van der Waals surface area contributed by atoms with Crippen LogP contribution in [0.3, 0.4) is 0 Å². The summed E-state index contributed by atoms with van der Waals surface area (Å²) in [7, 11) is 3.04. The third-order valence-electron chi connectivity index (χ3n) is 4.43. The standard InChI is InChI=1S/C21H19Cl2N5O4S/c1-28-17(10-24-19(30)15-8-5-13(22)9-16(15)23)26-27-21(28)33-11-18(29)25-14-6-3-12(4-7-14)20(31)32-2/h3-9H,10-11H2,1-2H3,(H,24,30)(H,25,29). The number of thioether (sulfide) groups is 1. The molecule has 0 aliphatic heterocycles. The Morgan fingerprint density at radius 1 is 1.09 bits per heavy atom. The van der Waals surface area contributed by atoms with Crippen LogP contribution in [0.1, 0.15) is 26.5 Å². The maximum atomic E-state index is 12.4. The van der Waals surface area contributed by atoms with Gasteiger partial charge in [0.15, 0.2) is 11.0 Å². The van der Waals surface area contributed by atoms with Crippen molar-refractivity contribution in [3.63, 3.8) is 0 Å². The zero-order valence-corrected chi connectivity index (χ0v) is 19.9. The normalized spacial score (nSPS) is 10.5. The van der Waals surface area contributed by atoms with E-state index in [1.807, 2.05) is 0 Å². The van der Waals surface area contributed by atoms with E-state index in [9.17, 15) is 14.4 Å². The van der Waals surface area contributed by atoms with E-state index in [0.717, 1.165) is 0 Å². The van der Waals surface area contributed by atoms with Gasteiger partial charge in [-0.2, -0.15) is 0 Å². The average Bonchev–Trinajstić information content (AvgIpc) is 3.15. The van der Waals surface area contributed by atoms with Crippen LogP contribution < -0.4 is 10.6 Å². The van der Waals surface area contributed by atoms with Gasteiger partial charge in [-0.1, -0.05) is 35.0 Å². The first kappa shape index (κ1) is 24.6. The molecule has 9 nitrogen and oxygen atoms in total. The van der Waals surface area contributed by atoms with E-state index in [4.69, 9.17) is 23.2 Å². The number of carbonyl (C=O) groups excluding carboxylic acids is 3. The Morgan fingerprint density at radius 3 is 2.48 bits per heavy atom. The summed E-state index contributed by atoms with van der Waals surface area (Å²) in [6.45, 7) is 0.126. The predicted octanol–water partition coefficient (Wildman–Crippen LogP) is 3.57. The van der Waals surface area contributed by atoms with Crippen LogP contribution in [0.4, 0.5) is 5.69 Å². The number of amides is 2. The molecule has 2 N–H and O–H groups in total. The summed E-state index contributed by atoms with van der Waals surface area (Å²) < 4.78 is 6.33. The number of hydrogen-bond acceptors (Lipinski definition) is 7. The van der Waals surface area contributed by atoms with Crippen molar-refractivity contribution >= 4 is 58.4 Å². The first-order valence-corrected chi connectivity index (χ1v) is 11.2. The molecule has 2 aromatic carbocycles. The fourth-order valence-corrected chi connectivity index (χ4v) is 3.91. The second-order valence-electron chi connectivity index (χ2n) is 6.67. The molecule has 2 amide bonds. The Bertz CT molecular complexity index is 1180. The number of carbonyl (C=O) groups is 3. The number of nitrogens with zero attached hydrogens (tertiary/aromatic N) is 3. The van der Waals surface area contributed by atoms with Crippen molar-refractivity contribution in [3.05, 3.63) is 69.5 Å². The largest absolute Gasteiger partial charge is 0.465 e. The van der Waals surface area contributed by atoms with Crippen molar-refractivity contribution in [2.45, 2.75) is 11.7 Å². The number of anilines is 1. The number of aromatic nitrogens is 3. The summed E-state index contributed by atoms with van der Waals surface area (Å²) >= 11 is 13.1. The summed E-state index contributed by atoms with van der Waals surface area (Å²) in [6, 6.07) is 11.0. The second kappa shape index (κ2) is 11.2. The summed E-state index contributed by atoms with van der Waals surface area (Å²) in [6.07, 6.45) is 0. The minimum Gasteiger partial charge on any atom is -0.465 e. The van der Waals surface area contributed by atoms with Crippen molar-refractivity contribution in [1.82, 2.24) is 20.1 Å². The number of benzene rings is 2. The molecule has 0 unspecified atom stereocenters. The molecule has 172 valence electrons. The van der Waals surface area contributed by atoms with Gasteiger partial charge >= 0.3 is 5.97 Å². The van der Waals surface area contributed by atoms with Crippen LogP contribution in [0.5, 0.6) is 0 Å². The molecule has 0 aliphatic carbocycles. The molecule has 0 atom stereocenters. The summed E-state index contributed by atoms with van der Waals surface area (Å²) in [5, 5.41) is 14.8. The van der Waals surface area contributed by atoms with Crippen LogP contribution in [-0.2, 0) is 23.1 Å². The topological polar surface area (TPSA) is 115 Å². The molecule has 0 radical (unpaired) electrons. The van der Waals surface area contributed by atoms with Crippen LogP contribution in [0, 0.1) is 0 Å². The Balaban J connectivity index is 1.51. The first-order chi connectivity index (χ1) is 15.8. The number of esters is 1. The van der Waals surface area contributed by atoms with Gasteiger partial charge in [-0.15, -0.1) is 10.2 Å². The molecule has 0 bridgehead atoms. The Kier molecular flexibility index (Phi) is 8.32. The summed E-state index contributed by atoms with van der Waals surface area (Å²) in [5.74, 6) is -0.464. The van der Waals surface area contributed by atoms with Gasteiger partial charge in [-0.05, 0) is 42.5 Å². The van der Waals surface area contributed by atoms with Gasteiger partial charge in [0.2, 0.25) is 5.91 Å². The van der Waals surface area contributed by atoms with E-state index in [2.05, 4.69) is 25.6 Å². The molecule has 3 rings (SSSR count). The predicted molar refractivity (Wildman–Crippen MR) is 126 cm³/mol. The van der Waals surface area contributed by atoms with Gasteiger partial charge in [0.1, 0.15) is 0 Å². The fourth-order valence-electron chi connectivity index (χ4n) is 2.69. The van der Waals surface area contributed by atoms with Crippen LogP contribution in [0.25, 0.3) is 0 Å². The molecule has 0 aliphatic rings.